The Morgan fingerprint density at radius 1 is 1.12 bits per heavy atom. The van der Waals surface area contributed by atoms with Crippen LogP contribution in [-0.4, -0.2) is 61.1 Å². The highest BCUT2D eigenvalue weighted by molar-refractivity contribution is 6.11. The highest BCUT2D eigenvalue weighted by Crippen LogP contribution is 2.26. The predicted octanol–water partition coefficient (Wildman–Crippen LogP) is 2.40. The summed E-state index contributed by atoms with van der Waals surface area (Å²) in [5.41, 5.74) is 2.39. The molecule has 1 aromatic rings. The van der Waals surface area contributed by atoms with Gasteiger partial charge in [0.1, 0.15) is 0 Å². The van der Waals surface area contributed by atoms with E-state index in [1.807, 2.05) is 31.1 Å². The van der Waals surface area contributed by atoms with Gasteiger partial charge < -0.3 is 25.9 Å². The molecule has 2 aliphatic rings. The zero-order chi connectivity index (χ0) is 24.1. The number of rotatable bonds is 6. The molecule has 0 aliphatic heterocycles. The second-order valence-corrected chi connectivity index (χ2v) is 8.90. The summed E-state index contributed by atoms with van der Waals surface area (Å²) < 4.78 is 0.862. The van der Waals surface area contributed by atoms with Gasteiger partial charge in [-0.15, -0.1) is 0 Å². The van der Waals surface area contributed by atoms with Gasteiger partial charge >= 0.3 is 5.82 Å². The Kier molecular flexibility index (Phi) is 7.71. The van der Waals surface area contributed by atoms with Crippen molar-refractivity contribution in [2.45, 2.75) is 31.8 Å². The Bertz CT molecular complexity index is 1030. The van der Waals surface area contributed by atoms with Crippen molar-refractivity contribution in [3.8, 4) is 0 Å². The monoisotopic (exact) mass is 452 g/mol. The first-order valence-electron chi connectivity index (χ1n) is 11.2. The van der Waals surface area contributed by atoms with Crippen LogP contribution in [0, 0.1) is 11.3 Å². The topological polar surface area (TPSA) is 104 Å². The van der Waals surface area contributed by atoms with Gasteiger partial charge in [-0.25, -0.2) is 0 Å². The minimum atomic E-state index is -0.454. The normalized spacial score (nSPS) is 22.2. The average Bonchev–Trinajstić information content (AvgIpc) is 2.76. The average molecular weight is 453 g/mol. The summed E-state index contributed by atoms with van der Waals surface area (Å²) in [6, 6.07) is 4.97. The molecule has 1 fully saturated rings. The van der Waals surface area contributed by atoms with Gasteiger partial charge in [-0.05, 0) is 60.6 Å². The lowest BCUT2D eigenvalue weighted by molar-refractivity contribution is -0.895. The number of anilines is 1. The van der Waals surface area contributed by atoms with E-state index in [9.17, 15) is 15.1 Å². The van der Waals surface area contributed by atoms with Gasteiger partial charge in [0.25, 0.3) is 5.91 Å². The van der Waals surface area contributed by atoms with Crippen molar-refractivity contribution in [3.05, 3.63) is 71.2 Å². The molecule has 176 valence electrons. The van der Waals surface area contributed by atoms with Crippen molar-refractivity contribution in [2.75, 3.05) is 33.1 Å². The molecule has 2 aliphatic carbocycles. The first-order valence-corrected chi connectivity index (χ1v) is 11.2. The lowest BCUT2D eigenvalue weighted by atomic mass is 9.87. The first-order chi connectivity index (χ1) is 15.7. The lowest BCUT2D eigenvalue weighted by Crippen LogP contribution is -2.45. The number of likely N-dealkylation sites (N-methyl/N-ethyl adjacent to an activating group) is 1. The van der Waals surface area contributed by atoms with Crippen LogP contribution in [-0.2, 0) is 0 Å². The zero-order valence-electron chi connectivity index (χ0n) is 19.7. The minimum absolute atomic E-state index is 0.103. The van der Waals surface area contributed by atoms with Crippen molar-refractivity contribution in [3.63, 3.8) is 0 Å². The molecule has 1 amide bonds. The van der Waals surface area contributed by atoms with Crippen molar-refractivity contribution < 1.29 is 19.8 Å². The van der Waals surface area contributed by atoms with Crippen LogP contribution in [0.15, 0.2) is 65.5 Å². The van der Waals surface area contributed by atoms with Crippen LogP contribution in [0.5, 0.6) is 0 Å². The summed E-state index contributed by atoms with van der Waals surface area (Å²) in [5, 5.41) is 31.5. The molecule has 0 radical (unpaired) electrons. The second-order valence-electron chi connectivity index (χ2n) is 8.90. The molecule has 1 aromatic heterocycles. The van der Waals surface area contributed by atoms with E-state index < -0.39 is 5.91 Å². The summed E-state index contributed by atoms with van der Waals surface area (Å²) in [4.78, 5) is 16.6. The van der Waals surface area contributed by atoms with Crippen molar-refractivity contribution >= 4 is 17.4 Å². The summed E-state index contributed by atoms with van der Waals surface area (Å²) in [5.74, 6) is 0.457. The third-order valence-electron chi connectivity index (χ3n) is 5.93. The number of nitrogens with zero attached hydrogens (tertiary/aromatic N) is 3. The van der Waals surface area contributed by atoms with Crippen LogP contribution in [0.3, 0.4) is 0 Å². The third-order valence-corrected chi connectivity index (χ3v) is 5.93. The molecular formula is C25H34N5O3+. The van der Waals surface area contributed by atoms with Crippen LogP contribution in [0.4, 0.5) is 5.82 Å². The SMILES string of the molecule is CN(C)C1=CC(=N)/C(=C\C=C\C2CCC(O)CC2)C=C1NC(=O)c1cccc(N(C)C)[n+]1O. The van der Waals surface area contributed by atoms with Gasteiger partial charge in [-0.2, -0.15) is 0 Å². The van der Waals surface area contributed by atoms with Crippen molar-refractivity contribution in [1.82, 2.24) is 10.2 Å². The van der Waals surface area contributed by atoms with Gasteiger partial charge in [0.15, 0.2) is 0 Å². The highest BCUT2D eigenvalue weighted by Gasteiger charge is 2.25. The number of aliphatic hydroxyl groups is 1. The summed E-state index contributed by atoms with van der Waals surface area (Å²) in [6.07, 6.45) is 12.9. The minimum Gasteiger partial charge on any atom is -0.393 e. The Labute approximate surface area is 195 Å². The number of amides is 1. The van der Waals surface area contributed by atoms with E-state index in [2.05, 4.69) is 11.4 Å². The van der Waals surface area contributed by atoms with Crippen LogP contribution >= 0.6 is 0 Å². The van der Waals surface area contributed by atoms with Crippen LogP contribution < -0.4 is 14.9 Å². The number of hydrogen-bond acceptors (Lipinski definition) is 6. The third kappa shape index (κ3) is 5.90. The van der Waals surface area contributed by atoms with E-state index in [0.717, 1.165) is 30.4 Å². The van der Waals surface area contributed by atoms with E-state index in [4.69, 9.17) is 5.41 Å². The van der Waals surface area contributed by atoms with Crippen LogP contribution in [0.25, 0.3) is 0 Å². The quantitative estimate of drug-likeness (QED) is 0.392. The van der Waals surface area contributed by atoms with Gasteiger partial charge in [-0.3, -0.25) is 9.69 Å². The van der Waals surface area contributed by atoms with E-state index >= 15 is 0 Å². The van der Waals surface area contributed by atoms with Crippen LogP contribution in [0.1, 0.15) is 36.2 Å². The van der Waals surface area contributed by atoms with E-state index in [-0.39, 0.29) is 11.8 Å². The van der Waals surface area contributed by atoms with E-state index in [1.54, 1.807) is 49.3 Å². The van der Waals surface area contributed by atoms with Gasteiger partial charge in [0.2, 0.25) is 5.69 Å². The molecule has 0 atom stereocenters. The lowest BCUT2D eigenvalue weighted by Gasteiger charge is -2.24. The predicted molar refractivity (Wildman–Crippen MR) is 128 cm³/mol. The number of hydrogen-bond donors (Lipinski definition) is 4. The number of pyridine rings is 1. The van der Waals surface area contributed by atoms with E-state index in [1.165, 1.54) is 0 Å². The van der Waals surface area contributed by atoms with E-state index in [0.29, 0.717) is 34.4 Å². The maximum atomic E-state index is 13.0. The second kappa shape index (κ2) is 10.5. The van der Waals surface area contributed by atoms with Crippen LogP contribution in [0.2, 0.25) is 0 Å². The molecule has 0 bridgehead atoms. The Morgan fingerprint density at radius 2 is 1.82 bits per heavy atom. The number of nitrogens with one attached hydrogen (secondary N) is 2. The number of aliphatic hydroxyl groups excluding tert-OH is 1. The summed E-state index contributed by atoms with van der Waals surface area (Å²) in [7, 11) is 7.27. The fourth-order valence-electron chi connectivity index (χ4n) is 4.01. The Balaban J connectivity index is 1.83. The fourth-order valence-corrected chi connectivity index (χ4v) is 4.01. The Hall–Kier alpha value is -3.39. The van der Waals surface area contributed by atoms with Gasteiger partial charge in [0.05, 0.1) is 37.3 Å². The molecule has 0 saturated heterocycles. The first kappa shape index (κ1) is 24.3. The summed E-state index contributed by atoms with van der Waals surface area (Å²) >= 11 is 0. The number of carbonyl (C=O) groups is 1. The van der Waals surface area contributed by atoms with Crippen molar-refractivity contribution in [2.24, 2.45) is 5.92 Å². The number of aromatic nitrogens is 1. The Morgan fingerprint density at radius 3 is 2.45 bits per heavy atom. The number of allylic oxidation sites excluding steroid dienone is 6. The molecule has 33 heavy (non-hydrogen) atoms. The molecule has 0 aromatic carbocycles. The van der Waals surface area contributed by atoms with Gasteiger partial charge in [0, 0.05) is 25.7 Å². The molecule has 0 spiro atoms. The van der Waals surface area contributed by atoms with Gasteiger partial charge in [-0.1, -0.05) is 18.2 Å². The molecule has 1 heterocycles. The maximum Gasteiger partial charge on any atom is 0.316 e. The molecule has 8 nitrogen and oxygen atoms in total. The smallest absolute Gasteiger partial charge is 0.316 e. The largest absolute Gasteiger partial charge is 0.393 e. The maximum absolute atomic E-state index is 13.0. The molecule has 8 heteroatoms. The summed E-state index contributed by atoms with van der Waals surface area (Å²) in [6.45, 7) is 0. The molecule has 0 unspecified atom stereocenters. The molecule has 1 saturated carbocycles. The fraction of sp³-hybridized carbons (Fsp3) is 0.400. The highest BCUT2D eigenvalue weighted by atomic mass is 16.5. The standard InChI is InChI=1S/C25H33N5O3/c1-28(2)23-16-20(26)18(8-5-7-17-11-13-19(31)14-12-17)15-21(23)27-25(32)22-9-6-10-24(29(3)4)30(22)33/h5-10,15-17,19,26,31H,11-14H2,1-4H3,(H-,27,32,33)/p+1/b7-5+,18-8-,26-20?. The molecular weight excluding hydrogens is 418 g/mol. The molecule has 4 N–H and O–H groups in total. The molecule has 3 rings (SSSR count). The number of carbonyl (C=O) groups excluding carboxylic acids is 1. The van der Waals surface area contributed by atoms with Crippen molar-refractivity contribution in [1.29, 1.82) is 5.41 Å². The zero-order valence-corrected chi connectivity index (χ0v) is 19.7.